The van der Waals surface area contributed by atoms with Gasteiger partial charge in [-0.15, -0.1) is 11.8 Å². The number of benzene rings is 1. The minimum atomic E-state index is -1.62. The van der Waals surface area contributed by atoms with Crippen molar-refractivity contribution in [3.63, 3.8) is 0 Å². The zero-order valence-corrected chi connectivity index (χ0v) is 22.9. The highest BCUT2D eigenvalue weighted by atomic mass is 32.2. The standard InChI is InChI=1S/C27H33NO10S/c1-12(30)28-16-7-5-13-9-18(37-27-24(34)23(33)22(32)19(11-29)38-27)25(35-2)26(36-3)21(13)14-6-8-20(39-4)17(31)10-15(14)16/h6,8-10,16,19,22-24,27,29,32-34H,5,7,11H2,1-4H3,(H,28,30)/t16-,19?,22?,23?,24?,27?/m0/s1. The van der Waals surface area contributed by atoms with E-state index in [-0.39, 0.29) is 22.8 Å². The van der Waals surface area contributed by atoms with Crippen molar-refractivity contribution in [3.8, 4) is 28.4 Å². The Labute approximate surface area is 229 Å². The van der Waals surface area contributed by atoms with Gasteiger partial charge in [0.2, 0.25) is 17.9 Å². The molecule has 4 rings (SSSR count). The second-order valence-corrected chi connectivity index (χ2v) is 10.2. The van der Waals surface area contributed by atoms with Gasteiger partial charge in [-0.25, -0.2) is 0 Å². The number of nitrogens with one attached hydrogen (secondary N) is 1. The molecule has 11 nitrogen and oxygen atoms in total. The van der Waals surface area contributed by atoms with Gasteiger partial charge in [0.1, 0.15) is 24.4 Å². The smallest absolute Gasteiger partial charge is 0.229 e. The van der Waals surface area contributed by atoms with Gasteiger partial charge in [-0.05, 0) is 54.0 Å². The third-order valence-corrected chi connectivity index (χ3v) is 7.75. The van der Waals surface area contributed by atoms with Crippen LogP contribution in [0.1, 0.15) is 30.5 Å². The molecule has 0 saturated carbocycles. The highest BCUT2D eigenvalue weighted by Gasteiger charge is 2.45. The predicted octanol–water partition coefficient (Wildman–Crippen LogP) is 0.755. The number of hydrogen-bond donors (Lipinski definition) is 5. The van der Waals surface area contributed by atoms with E-state index in [9.17, 15) is 30.0 Å². The number of amides is 1. The van der Waals surface area contributed by atoms with Crippen molar-refractivity contribution in [1.82, 2.24) is 5.32 Å². The molecule has 0 aromatic heterocycles. The van der Waals surface area contributed by atoms with E-state index in [0.717, 1.165) is 5.56 Å². The second kappa shape index (κ2) is 12.1. The molecular formula is C27H33NO10S. The van der Waals surface area contributed by atoms with Gasteiger partial charge in [0.25, 0.3) is 0 Å². The summed E-state index contributed by atoms with van der Waals surface area (Å²) < 4.78 is 23.0. The molecule has 212 valence electrons. The van der Waals surface area contributed by atoms with Crippen molar-refractivity contribution in [1.29, 1.82) is 0 Å². The maximum Gasteiger partial charge on any atom is 0.229 e. The first-order chi connectivity index (χ1) is 18.6. The zero-order valence-electron chi connectivity index (χ0n) is 22.0. The number of thioether (sulfide) groups is 1. The largest absolute Gasteiger partial charge is 0.492 e. The van der Waals surface area contributed by atoms with E-state index >= 15 is 0 Å². The quantitative estimate of drug-likeness (QED) is 0.302. The Morgan fingerprint density at radius 3 is 2.44 bits per heavy atom. The third-order valence-electron chi connectivity index (χ3n) is 6.97. The van der Waals surface area contributed by atoms with Gasteiger partial charge >= 0.3 is 0 Å². The monoisotopic (exact) mass is 563 g/mol. The summed E-state index contributed by atoms with van der Waals surface area (Å²) in [6.07, 6.45) is -4.64. The first-order valence-corrected chi connectivity index (χ1v) is 13.6. The van der Waals surface area contributed by atoms with Crippen LogP contribution in [0.5, 0.6) is 17.2 Å². The molecule has 1 heterocycles. The van der Waals surface area contributed by atoms with Crippen LogP contribution in [0.3, 0.4) is 0 Å². The first kappa shape index (κ1) is 29.1. The van der Waals surface area contributed by atoms with Crippen LogP contribution in [0.2, 0.25) is 0 Å². The summed E-state index contributed by atoms with van der Waals surface area (Å²) in [5.41, 5.74) is 2.55. The number of carbonyl (C=O) groups is 1. The number of ether oxygens (including phenoxy) is 4. The Bertz CT molecular complexity index is 1290. The van der Waals surface area contributed by atoms with Crippen molar-refractivity contribution in [3.05, 3.63) is 45.6 Å². The van der Waals surface area contributed by atoms with Crippen LogP contribution < -0.4 is 25.0 Å². The molecule has 1 fully saturated rings. The third kappa shape index (κ3) is 5.58. The molecule has 5 unspecified atom stereocenters. The summed E-state index contributed by atoms with van der Waals surface area (Å²) in [6.45, 7) is 0.815. The Morgan fingerprint density at radius 1 is 1.10 bits per heavy atom. The summed E-state index contributed by atoms with van der Waals surface area (Å²) >= 11 is 1.32. The molecule has 1 amide bonds. The fourth-order valence-electron chi connectivity index (χ4n) is 5.09. The molecule has 2 aromatic rings. The van der Waals surface area contributed by atoms with Gasteiger partial charge in [-0.3, -0.25) is 9.59 Å². The molecular weight excluding hydrogens is 530 g/mol. The van der Waals surface area contributed by atoms with E-state index in [1.54, 1.807) is 18.2 Å². The van der Waals surface area contributed by atoms with Crippen LogP contribution in [0.4, 0.5) is 0 Å². The SMILES string of the molecule is COc1c(OC2OC(CO)C(O)C(O)C2O)cc2c(c1OC)-c1ccc(SC)c(=O)cc1[C@@H](NC(C)=O)CC2. The second-order valence-electron chi connectivity index (χ2n) is 9.36. The summed E-state index contributed by atoms with van der Waals surface area (Å²) in [7, 11) is 2.87. The van der Waals surface area contributed by atoms with Crippen LogP contribution in [0.25, 0.3) is 11.1 Å². The Kier molecular flexibility index (Phi) is 9.04. The van der Waals surface area contributed by atoms with Gasteiger partial charge in [0.05, 0.1) is 31.8 Å². The number of hydrogen-bond acceptors (Lipinski definition) is 11. The fourth-order valence-corrected chi connectivity index (χ4v) is 5.55. The Hall–Kier alpha value is -2.87. The number of aliphatic hydroxyl groups is 4. The lowest BCUT2D eigenvalue weighted by molar-refractivity contribution is -0.277. The molecule has 5 N–H and O–H groups in total. The van der Waals surface area contributed by atoms with Gasteiger partial charge < -0.3 is 44.7 Å². The normalized spacial score (nSPS) is 26.1. The van der Waals surface area contributed by atoms with Crippen LogP contribution in [0, 0.1) is 0 Å². The molecule has 1 saturated heterocycles. The molecule has 0 bridgehead atoms. The van der Waals surface area contributed by atoms with Crippen molar-refractivity contribution in [2.24, 2.45) is 0 Å². The van der Waals surface area contributed by atoms with E-state index in [1.165, 1.54) is 32.9 Å². The van der Waals surface area contributed by atoms with Crippen LogP contribution in [0.15, 0.2) is 34.0 Å². The van der Waals surface area contributed by atoms with Gasteiger partial charge in [0.15, 0.2) is 16.9 Å². The Balaban J connectivity index is 1.89. The van der Waals surface area contributed by atoms with E-state index in [4.69, 9.17) is 18.9 Å². The molecule has 1 aliphatic carbocycles. The highest BCUT2D eigenvalue weighted by Crippen LogP contribution is 2.50. The van der Waals surface area contributed by atoms with E-state index in [0.29, 0.717) is 40.2 Å². The predicted molar refractivity (Wildman–Crippen MR) is 142 cm³/mol. The molecule has 39 heavy (non-hydrogen) atoms. The lowest BCUT2D eigenvalue weighted by atomic mass is 9.95. The number of carbonyl (C=O) groups excluding carboxylic acids is 1. The molecule has 0 spiro atoms. The maximum atomic E-state index is 13.0. The van der Waals surface area contributed by atoms with E-state index in [1.807, 2.05) is 12.3 Å². The van der Waals surface area contributed by atoms with Crippen LogP contribution >= 0.6 is 11.8 Å². The average Bonchev–Trinajstić information content (AvgIpc) is 3.16. The number of methoxy groups -OCH3 is 2. The average molecular weight is 564 g/mol. The van der Waals surface area contributed by atoms with Crippen molar-refractivity contribution < 1.29 is 44.2 Å². The molecule has 6 atom stereocenters. The lowest BCUT2D eigenvalue weighted by Crippen LogP contribution is -2.60. The molecule has 1 aliphatic heterocycles. The van der Waals surface area contributed by atoms with Crippen molar-refractivity contribution in [2.45, 2.75) is 61.4 Å². The van der Waals surface area contributed by atoms with Crippen molar-refractivity contribution >= 4 is 17.7 Å². The van der Waals surface area contributed by atoms with Gasteiger partial charge in [-0.1, -0.05) is 6.07 Å². The fraction of sp³-hybridized carbons (Fsp3) is 0.481. The highest BCUT2D eigenvalue weighted by molar-refractivity contribution is 7.98. The number of aryl methyl sites for hydroxylation is 1. The van der Waals surface area contributed by atoms with E-state index in [2.05, 4.69) is 5.32 Å². The number of aliphatic hydroxyl groups excluding tert-OH is 4. The minimum absolute atomic E-state index is 0.131. The first-order valence-electron chi connectivity index (χ1n) is 12.4. The topological polar surface area (TPSA) is 164 Å². The number of rotatable bonds is 7. The Morgan fingerprint density at radius 2 is 1.82 bits per heavy atom. The van der Waals surface area contributed by atoms with Crippen molar-refractivity contribution in [2.75, 3.05) is 27.1 Å². The van der Waals surface area contributed by atoms with Gasteiger partial charge in [0, 0.05) is 12.5 Å². The number of fused-ring (bicyclic) bond motifs is 3. The molecule has 0 radical (unpaired) electrons. The summed E-state index contributed by atoms with van der Waals surface area (Å²) in [5, 5.41) is 43.4. The lowest BCUT2D eigenvalue weighted by Gasteiger charge is -2.39. The summed E-state index contributed by atoms with van der Waals surface area (Å²) in [6, 6.07) is 6.34. The molecule has 2 aliphatic rings. The van der Waals surface area contributed by atoms with E-state index < -0.39 is 43.4 Å². The summed E-state index contributed by atoms with van der Waals surface area (Å²) in [4.78, 5) is 25.6. The maximum absolute atomic E-state index is 13.0. The van der Waals surface area contributed by atoms with Crippen LogP contribution in [-0.4, -0.2) is 84.1 Å². The zero-order chi connectivity index (χ0) is 28.4. The molecule has 2 aromatic carbocycles. The summed E-state index contributed by atoms with van der Waals surface area (Å²) in [5.74, 6) is 0.350. The van der Waals surface area contributed by atoms with Crippen LogP contribution in [-0.2, 0) is 16.0 Å². The van der Waals surface area contributed by atoms with Gasteiger partial charge in [-0.2, -0.15) is 0 Å². The molecule has 12 heteroatoms. The minimum Gasteiger partial charge on any atom is -0.492 e.